The van der Waals surface area contributed by atoms with Crippen molar-refractivity contribution in [2.45, 2.75) is 62.4 Å². The maximum Gasteiger partial charge on any atom is -0.693 e. The zero-order valence-corrected chi connectivity index (χ0v) is 27.2. The first-order valence-electron chi connectivity index (χ1n) is 12.7. The molecule has 2 aromatic rings. The Kier molecular flexibility index (Phi) is 12.9. The number of ketones is 3. The van der Waals surface area contributed by atoms with Gasteiger partial charge >= 0.3 is 35.3 Å². The van der Waals surface area contributed by atoms with Crippen LogP contribution >= 0.6 is 18.8 Å². The summed E-state index contributed by atoms with van der Waals surface area (Å²) in [6.07, 6.45) is -5.12. The Hall–Kier alpha value is -2.20. The summed E-state index contributed by atoms with van der Waals surface area (Å²) in [7, 11) is 11.1. The van der Waals surface area contributed by atoms with E-state index in [0.717, 1.165) is 0 Å². The molecule has 3 aliphatic rings. The number of hydrogen-bond donors (Lipinski definition) is 6. The number of halogens is 2. The molecule has 44 heavy (non-hydrogen) atoms. The molecule has 1 aliphatic heterocycles. The minimum Gasteiger partial charge on any atom is -0.693 e. The molecule has 1 saturated heterocycles. The van der Waals surface area contributed by atoms with Crippen LogP contribution in [-0.4, -0.2) is 86.7 Å². The number of carbonyl (C=O) groups is 3. The molecule has 1 fully saturated rings. The van der Waals surface area contributed by atoms with Gasteiger partial charge in [0.15, 0.2) is 17.9 Å². The van der Waals surface area contributed by atoms with Crippen LogP contribution in [0.3, 0.4) is 0 Å². The molecule has 17 heteroatoms. The average Bonchev–Trinajstić information content (AvgIpc) is 2.95. The van der Waals surface area contributed by atoms with Crippen LogP contribution in [0.5, 0.6) is 17.2 Å². The van der Waals surface area contributed by atoms with Crippen LogP contribution in [0.15, 0.2) is 18.2 Å². The zero-order chi connectivity index (χ0) is 31.1. The summed E-state index contributed by atoms with van der Waals surface area (Å²) < 4.78 is 17.0. The number of fused-ring (bicyclic) bond motifs is 3. The number of nitrogens with two attached hydrogens (primary N) is 3. The van der Waals surface area contributed by atoms with E-state index in [0.29, 0.717) is 0 Å². The van der Waals surface area contributed by atoms with Gasteiger partial charge in [-0.15, -0.1) is 0 Å². The molecule has 2 aromatic carbocycles. The first-order valence-corrected chi connectivity index (χ1v) is 18.3. The third-order valence-corrected chi connectivity index (χ3v) is 7.81. The number of aliphatic hydroxyl groups is 3. The number of Topliss-reactive ketones (excluding diaryl/α,β-unsaturated/α-hetero) is 1. The predicted octanol–water partition coefficient (Wildman–Crippen LogP) is 2.81. The van der Waals surface area contributed by atoms with Crippen LogP contribution in [-0.2, 0) is 37.2 Å². The molecule has 0 radical (unpaired) electrons. The Bertz CT molecular complexity index is 1420. The molecule has 1 heterocycles. The Morgan fingerprint density at radius 2 is 1.75 bits per heavy atom. The predicted molar refractivity (Wildman–Crippen MR) is 154 cm³/mol. The summed E-state index contributed by atoms with van der Waals surface area (Å²) in [5.74, 6) is -3.77. The van der Waals surface area contributed by atoms with Crippen molar-refractivity contribution in [1.29, 1.82) is 0 Å². The van der Waals surface area contributed by atoms with Crippen LogP contribution in [0.1, 0.15) is 68.8 Å². The largest absolute Gasteiger partial charge is 0.693 e. The molecular formula is C27H33Cl2N3O11Pt. The van der Waals surface area contributed by atoms with Gasteiger partial charge in [-0.3, -0.25) is 14.4 Å². The summed E-state index contributed by atoms with van der Waals surface area (Å²) in [5.41, 5.74) is 2.37. The molecule has 0 bridgehead atoms. The van der Waals surface area contributed by atoms with E-state index >= 15 is 0 Å². The number of rotatable bonds is 5. The SMILES string of the molecule is COc1cccc2c1C(=O)c1c(O)c3c(c(O)c1C2=O)CC(O)(C(=O)CO)CC3OC1CC(N)C(O)C(C)O1.[Cl][Pt+2][Cl].[NH2-].[NH2-]. The van der Waals surface area contributed by atoms with Crippen LogP contribution in [0.4, 0.5) is 0 Å². The number of hydrogen-bond acceptors (Lipinski definition) is 12. The molecule has 2 aliphatic carbocycles. The third kappa shape index (κ3) is 6.53. The van der Waals surface area contributed by atoms with E-state index in [1.807, 2.05) is 0 Å². The van der Waals surface area contributed by atoms with Crippen molar-refractivity contribution in [3.8, 4) is 17.2 Å². The molecule has 6 unspecified atom stereocenters. The van der Waals surface area contributed by atoms with Crippen LogP contribution in [0.25, 0.3) is 12.3 Å². The van der Waals surface area contributed by atoms with E-state index in [4.69, 9.17) is 38.8 Å². The number of methoxy groups -OCH3 is 1. The molecule has 246 valence electrons. The average molecular weight is 842 g/mol. The molecule has 0 saturated carbocycles. The Morgan fingerprint density at radius 1 is 1.14 bits per heavy atom. The summed E-state index contributed by atoms with van der Waals surface area (Å²) >= 11 is -0.472. The topological polar surface area (TPSA) is 273 Å². The summed E-state index contributed by atoms with van der Waals surface area (Å²) in [5, 5.41) is 53.7. The molecule has 11 N–H and O–H groups in total. The maximum absolute atomic E-state index is 13.6. The number of ether oxygens (including phenoxy) is 3. The van der Waals surface area contributed by atoms with Crippen molar-refractivity contribution >= 4 is 36.2 Å². The van der Waals surface area contributed by atoms with E-state index in [1.54, 1.807) is 6.92 Å². The van der Waals surface area contributed by atoms with E-state index < -0.39 is 112 Å². The quantitative estimate of drug-likeness (QED) is 0.203. The summed E-state index contributed by atoms with van der Waals surface area (Å²) in [6, 6.07) is 3.64. The summed E-state index contributed by atoms with van der Waals surface area (Å²) in [6.45, 7) is 0.560. The minimum atomic E-state index is -2.24. The fourth-order valence-electron chi connectivity index (χ4n) is 5.75. The van der Waals surface area contributed by atoms with Gasteiger partial charge < -0.3 is 57.8 Å². The minimum absolute atomic E-state index is 0. The number of phenolic OH excluding ortho intramolecular Hbond substituents is 2. The maximum atomic E-state index is 13.6. The Balaban J connectivity index is 0.00000130. The molecule has 0 aromatic heterocycles. The molecule has 6 atom stereocenters. The van der Waals surface area contributed by atoms with Crippen molar-refractivity contribution in [1.82, 2.24) is 0 Å². The standard InChI is InChI=1S/C27H29NO11.2ClH.2H2N.Pt/c1-10-22(31)13(28)6-17(38-10)39-15-8-27(36,16(30)9-29)7-12-19(15)26(35)21-20(24(12)33)23(32)11-4-3-5-14(37-2)18(11)25(21)34;;;;;/h3-5,10,13,15,17,22,29,31,33,35-36H,6-9,28H2,1-2H3;2*1H;2*1H2;/q;;;2*-1;+4/p-2. The zero-order valence-electron chi connectivity index (χ0n) is 23.4. The van der Waals surface area contributed by atoms with Gasteiger partial charge in [0.1, 0.15) is 29.5 Å². The first kappa shape index (κ1) is 38.0. The fraction of sp³-hybridized carbons (Fsp3) is 0.444. The number of phenols is 2. The second kappa shape index (κ2) is 14.9. The fourth-order valence-corrected chi connectivity index (χ4v) is 5.75. The number of aromatic hydroxyl groups is 2. The smallest absolute Gasteiger partial charge is 0.693 e. The van der Waals surface area contributed by atoms with Crippen LogP contribution < -0.4 is 10.5 Å². The van der Waals surface area contributed by atoms with Gasteiger partial charge in [0.2, 0.25) is 5.78 Å². The van der Waals surface area contributed by atoms with Gasteiger partial charge in [0.25, 0.3) is 0 Å². The Morgan fingerprint density at radius 3 is 2.32 bits per heavy atom. The number of aliphatic hydroxyl groups excluding tert-OH is 2. The van der Waals surface area contributed by atoms with E-state index in [9.17, 15) is 39.9 Å². The third-order valence-electron chi connectivity index (χ3n) is 7.81. The van der Waals surface area contributed by atoms with Gasteiger partial charge in [0, 0.05) is 42.0 Å². The molecule has 0 spiro atoms. The van der Waals surface area contributed by atoms with Gasteiger partial charge in [0.05, 0.1) is 42.1 Å². The first-order chi connectivity index (χ1) is 19.8. The van der Waals surface area contributed by atoms with Crippen LogP contribution in [0.2, 0.25) is 0 Å². The normalized spacial score (nSPS) is 27.0. The van der Waals surface area contributed by atoms with Crippen molar-refractivity contribution < 1.29 is 70.6 Å². The van der Waals surface area contributed by atoms with Crippen molar-refractivity contribution in [2.75, 3.05) is 13.7 Å². The van der Waals surface area contributed by atoms with Gasteiger partial charge in [-0.2, -0.15) is 0 Å². The number of benzene rings is 2. The van der Waals surface area contributed by atoms with E-state index in [2.05, 4.69) is 0 Å². The van der Waals surface area contributed by atoms with Gasteiger partial charge in [-0.25, -0.2) is 0 Å². The Labute approximate surface area is 268 Å². The van der Waals surface area contributed by atoms with Crippen molar-refractivity contribution in [3.63, 3.8) is 0 Å². The van der Waals surface area contributed by atoms with E-state index in [1.165, 1.54) is 25.3 Å². The monoisotopic (exact) mass is 840 g/mol. The second-order valence-electron chi connectivity index (χ2n) is 10.2. The van der Waals surface area contributed by atoms with E-state index in [-0.39, 0.29) is 46.7 Å². The molecular weight excluding hydrogens is 808 g/mol. The van der Waals surface area contributed by atoms with Crippen LogP contribution in [0, 0.1) is 0 Å². The number of carbonyl (C=O) groups excluding carboxylic acids is 3. The summed E-state index contributed by atoms with van der Waals surface area (Å²) in [4.78, 5) is 39.7. The van der Waals surface area contributed by atoms with Gasteiger partial charge in [-0.05, 0) is 13.0 Å². The van der Waals surface area contributed by atoms with Crippen molar-refractivity contribution in [2.24, 2.45) is 5.73 Å². The molecule has 14 nitrogen and oxygen atoms in total. The van der Waals surface area contributed by atoms with Crippen molar-refractivity contribution in [3.05, 3.63) is 63.9 Å². The second-order valence-corrected chi connectivity index (χ2v) is 13.5. The molecule has 0 amide bonds. The molecule has 5 rings (SSSR count). The van der Waals surface area contributed by atoms with Gasteiger partial charge in [-0.1, -0.05) is 12.1 Å².